The minimum Gasteiger partial charge on any atom is -0.332 e. The van der Waals surface area contributed by atoms with Crippen LogP contribution in [0.25, 0.3) is 0 Å². The quantitative estimate of drug-likeness (QED) is 0.786. The van der Waals surface area contributed by atoms with Gasteiger partial charge in [0.15, 0.2) is 0 Å². The zero-order valence-electron chi connectivity index (χ0n) is 13.4. The van der Waals surface area contributed by atoms with Gasteiger partial charge in [-0.15, -0.1) is 0 Å². The maximum Gasteiger partial charge on any atom is 0.254 e. The maximum atomic E-state index is 13.1. The molecule has 2 amide bonds. The van der Waals surface area contributed by atoms with Crippen molar-refractivity contribution >= 4 is 23.4 Å². The Bertz CT molecular complexity index is 853. The van der Waals surface area contributed by atoms with Gasteiger partial charge in [0.25, 0.3) is 5.91 Å². The van der Waals surface area contributed by atoms with E-state index in [2.05, 4.69) is 0 Å². The molecule has 1 saturated heterocycles. The smallest absolute Gasteiger partial charge is 0.254 e. The van der Waals surface area contributed by atoms with Crippen molar-refractivity contribution in [2.45, 2.75) is 12.5 Å². The molecule has 2 aromatic carbocycles. The molecule has 4 rings (SSSR count). The van der Waals surface area contributed by atoms with E-state index in [1.807, 2.05) is 23.1 Å². The fourth-order valence-electron chi connectivity index (χ4n) is 3.62. The normalized spacial score (nSPS) is 19.4. The van der Waals surface area contributed by atoms with Crippen LogP contribution in [-0.2, 0) is 11.2 Å². The highest BCUT2D eigenvalue weighted by atomic mass is 35.5. The number of piperazine rings is 1. The van der Waals surface area contributed by atoms with E-state index in [1.165, 1.54) is 29.2 Å². The molecule has 6 heteroatoms. The number of amides is 2. The molecular weight excluding hydrogens is 343 g/mol. The predicted octanol–water partition coefficient (Wildman–Crippen LogP) is 3.06. The SMILES string of the molecule is O=C(c1ccc(F)cc1)N1CC(=O)N2CCc3ccc(Cl)cc3C2C1. The summed E-state index contributed by atoms with van der Waals surface area (Å²) in [5.74, 6) is -0.729. The zero-order valence-corrected chi connectivity index (χ0v) is 14.2. The molecule has 0 aliphatic carbocycles. The topological polar surface area (TPSA) is 40.6 Å². The minimum absolute atomic E-state index is 0.0443. The molecule has 1 atom stereocenters. The Morgan fingerprint density at radius 3 is 2.68 bits per heavy atom. The Morgan fingerprint density at radius 1 is 1.16 bits per heavy atom. The lowest BCUT2D eigenvalue weighted by molar-refractivity contribution is -0.139. The Morgan fingerprint density at radius 2 is 1.92 bits per heavy atom. The third kappa shape index (κ3) is 2.89. The van der Waals surface area contributed by atoms with Crippen LogP contribution >= 0.6 is 11.6 Å². The maximum absolute atomic E-state index is 13.1. The molecule has 1 fully saturated rings. The van der Waals surface area contributed by atoms with Gasteiger partial charge >= 0.3 is 0 Å². The molecule has 0 N–H and O–H groups in total. The third-order valence-electron chi connectivity index (χ3n) is 4.88. The summed E-state index contributed by atoms with van der Waals surface area (Å²) >= 11 is 6.13. The molecule has 0 radical (unpaired) electrons. The van der Waals surface area contributed by atoms with Gasteiger partial charge in [-0.1, -0.05) is 17.7 Å². The van der Waals surface area contributed by atoms with Crippen molar-refractivity contribution in [3.05, 3.63) is 70.0 Å². The number of hydrogen-bond acceptors (Lipinski definition) is 2. The number of hydrogen-bond donors (Lipinski definition) is 0. The fraction of sp³-hybridized carbons (Fsp3) is 0.263. The first-order valence-electron chi connectivity index (χ1n) is 8.15. The number of fused-ring (bicyclic) bond motifs is 3. The third-order valence-corrected chi connectivity index (χ3v) is 5.12. The second-order valence-corrected chi connectivity index (χ2v) is 6.83. The van der Waals surface area contributed by atoms with Crippen LogP contribution in [-0.4, -0.2) is 41.2 Å². The summed E-state index contributed by atoms with van der Waals surface area (Å²) < 4.78 is 13.1. The Labute approximate surface area is 149 Å². The van der Waals surface area contributed by atoms with E-state index in [1.54, 1.807) is 0 Å². The highest BCUT2D eigenvalue weighted by Gasteiger charge is 2.38. The van der Waals surface area contributed by atoms with Gasteiger partial charge in [0.05, 0.1) is 6.04 Å². The molecule has 0 bridgehead atoms. The molecule has 2 aliphatic rings. The van der Waals surface area contributed by atoms with Crippen LogP contribution in [0.1, 0.15) is 27.5 Å². The van der Waals surface area contributed by atoms with Gasteiger partial charge in [0.2, 0.25) is 5.91 Å². The van der Waals surface area contributed by atoms with Crippen molar-refractivity contribution in [1.82, 2.24) is 9.80 Å². The van der Waals surface area contributed by atoms with Gasteiger partial charge in [-0.05, 0) is 53.9 Å². The largest absolute Gasteiger partial charge is 0.332 e. The second kappa shape index (κ2) is 6.15. The van der Waals surface area contributed by atoms with Crippen molar-refractivity contribution in [3.8, 4) is 0 Å². The van der Waals surface area contributed by atoms with E-state index < -0.39 is 5.82 Å². The second-order valence-electron chi connectivity index (χ2n) is 6.39. The minimum atomic E-state index is -0.395. The molecule has 0 aromatic heterocycles. The van der Waals surface area contributed by atoms with Crippen molar-refractivity contribution in [3.63, 3.8) is 0 Å². The number of halogens is 2. The lowest BCUT2D eigenvalue weighted by Gasteiger charge is -2.44. The van der Waals surface area contributed by atoms with E-state index in [9.17, 15) is 14.0 Å². The van der Waals surface area contributed by atoms with Crippen LogP contribution in [0.3, 0.4) is 0 Å². The van der Waals surface area contributed by atoms with Gasteiger partial charge in [-0.25, -0.2) is 4.39 Å². The van der Waals surface area contributed by atoms with Crippen LogP contribution in [0, 0.1) is 5.82 Å². The monoisotopic (exact) mass is 358 g/mol. The van der Waals surface area contributed by atoms with Gasteiger partial charge in [0, 0.05) is 23.7 Å². The average molecular weight is 359 g/mol. The van der Waals surface area contributed by atoms with Crippen LogP contribution < -0.4 is 0 Å². The highest BCUT2D eigenvalue weighted by Crippen LogP contribution is 2.35. The van der Waals surface area contributed by atoms with Crippen LogP contribution in [0.2, 0.25) is 5.02 Å². The number of benzene rings is 2. The molecule has 25 heavy (non-hydrogen) atoms. The summed E-state index contributed by atoms with van der Waals surface area (Å²) in [6, 6.07) is 10.9. The van der Waals surface area contributed by atoms with Crippen molar-refractivity contribution < 1.29 is 14.0 Å². The Kier molecular flexibility index (Phi) is 3.96. The summed E-state index contributed by atoms with van der Waals surface area (Å²) in [6.07, 6.45) is 0.792. The van der Waals surface area contributed by atoms with Gasteiger partial charge in [-0.3, -0.25) is 9.59 Å². The molecule has 1 unspecified atom stereocenters. The predicted molar refractivity (Wildman–Crippen MR) is 91.9 cm³/mol. The van der Waals surface area contributed by atoms with E-state index in [0.29, 0.717) is 23.7 Å². The van der Waals surface area contributed by atoms with E-state index in [4.69, 9.17) is 11.6 Å². The van der Waals surface area contributed by atoms with E-state index >= 15 is 0 Å². The summed E-state index contributed by atoms with van der Waals surface area (Å²) in [5.41, 5.74) is 2.54. The van der Waals surface area contributed by atoms with Crippen LogP contribution in [0.5, 0.6) is 0 Å². The van der Waals surface area contributed by atoms with Crippen LogP contribution in [0.4, 0.5) is 4.39 Å². The summed E-state index contributed by atoms with van der Waals surface area (Å²) in [4.78, 5) is 28.6. The molecule has 2 aromatic rings. The molecule has 128 valence electrons. The summed E-state index contributed by atoms with van der Waals surface area (Å²) in [7, 11) is 0. The zero-order chi connectivity index (χ0) is 17.6. The van der Waals surface area contributed by atoms with Crippen molar-refractivity contribution in [2.75, 3.05) is 19.6 Å². The standard InChI is InChI=1S/C19H16ClFN2O2/c20-14-4-1-12-7-8-23-17(16(12)9-14)10-22(11-18(23)24)19(25)13-2-5-15(21)6-3-13/h1-6,9,17H,7-8,10-11H2. The average Bonchev–Trinajstić information content (AvgIpc) is 2.61. The molecule has 2 aliphatic heterocycles. The number of carbonyl (C=O) groups is 2. The number of rotatable bonds is 1. The molecule has 2 heterocycles. The van der Waals surface area contributed by atoms with Gasteiger partial charge in [0.1, 0.15) is 12.4 Å². The molecule has 0 saturated carbocycles. The lowest BCUT2D eigenvalue weighted by atomic mass is 9.90. The summed E-state index contributed by atoms with van der Waals surface area (Å²) in [5, 5.41) is 0.620. The molecule has 0 spiro atoms. The Balaban J connectivity index is 1.65. The first-order chi connectivity index (χ1) is 12.0. The number of nitrogens with zero attached hydrogens (tertiary/aromatic N) is 2. The van der Waals surface area contributed by atoms with Gasteiger partial charge < -0.3 is 9.80 Å². The summed E-state index contributed by atoms with van der Waals surface area (Å²) in [6.45, 7) is 1.11. The Hall–Kier alpha value is -2.40. The van der Waals surface area contributed by atoms with Gasteiger partial charge in [-0.2, -0.15) is 0 Å². The molecule has 4 nitrogen and oxygen atoms in total. The fourth-order valence-corrected chi connectivity index (χ4v) is 3.80. The first-order valence-corrected chi connectivity index (χ1v) is 8.53. The highest BCUT2D eigenvalue weighted by molar-refractivity contribution is 6.30. The molecular formula is C19H16ClFN2O2. The van der Waals surface area contributed by atoms with E-state index in [-0.39, 0.29) is 24.4 Å². The first kappa shape index (κ1) is 16.1. The number of carbonyl (C=O) groups excluding carboxylic acids is 2. The lowest BCUT2D eigenvalue weighted by Crippen LogP contribution is -2.55. The van der Waals surface area contributed by atoms with Crippen LogP contribution in [0.15, 0.2) is 42.5 Å². The van der Waals surface area contributed by atoms with Crippen molar-refractivity contribution in [1.29, 1.82) is 0 Å². The van der Waals surface area contributed by atoms with E-state index in [0.717, 1.165) is 17.5 Å². The van der Waals surface area contributed by atoms with Crippen molar-refractivity contribution in [2.24, 2.45) is 0 Å².